The van der Waals surface area contributed by atoms with E-state index in [0.717, 1.165) is 83.0 Å². The van der Waals surface area contributed by atoms with Gasteiger partial charge in [0, 0.05) is 58.6 Å². The average molecular weight is 530 g/mol. The number of hydrogen-bond acceptors (Lipinski definition) is 9. The molecule has 2 fully saturated rings. The topological polar surface area (TPSA) is 77.9 Å². The minimum atomic E-state index is 0.0797. The van der Waals surface area contributed by atoms with Crippen molar-refractivity contribution in [2.24, 2.45) is 0 Å². The van der Waals surface area contributed by atoms with Crippen molar-refractivity contribution in [3.63, 3.8) is 0 Å². The van der Waals surface area contributed by atoms with E-state index in [1.807, 2.05) is 48.4 Å². The van der Waals surface area contributed by atoms with Gasteiger partial charge in [-0.25, -0.2) is 15.0 Å². The number of ether oxygens (including phenoxy) is 1. The maximum Gasteiger partial charge on any atom is 0.264 e. The predicted molar refractivity (Wildman–Crippen MR) is 152 cm³/mol. The lowest BCUT2D eigenvalue weighted by Gasteiger charge is -2.36. The number of fused-ring (bicyclic) bond motifs is 1. The van der Waals surface area contributed by atoms with Gasteiger partial charge in [0.1, 0.15) is 28.5 Å². The summed E-state index contributed by atoms with van der Waals surface area (Å²) in [6.07, 6.45) is 3.46. The zero-order chi connectivity index (χ0) is 26.1. The minimum absolute atomic E-state index is 0.0797. The largest absolute Gasteiger partial charge is 0.495 e. The third kappa shape index (κ3) is 4.49. The van der Waals surface area contributed by atoms with Gasteiger partial charge in [0.25, 0.3) is 5.91 Å². The molecule has 0 saturated carbocycles. The van der Waals surface area contributed by atoms with Crippen LogP contribution >= 0.6 is 11.3 Å². The Bertz CT molecular complexity index is 1430. The number of piperazine rings is 2. The molecular weight excluding hydrogens is 498 g/mol. The summed E-state index contributed by atoms with van der Waals surface area (Å²) in [7, 11) is 1.69. The van der Waals surface area contributed by atoms with Crippen molar-refractivity contribution in [1.82, 2.24) is 19.9 Å². The van der Waals surface area contributed by atoms with E-state index in [2.05, 4.69) is 41.8 Å². The molecule has 1 amide bonds. The fourth-order valence-electron chi connectivity index (χ4n) is 5.37. The third-order valence-electron chi connectivity index (χ3n) is 7.45. The van der Waals surface area contributed by atoms with Gasteiger partial charge in [0.05, 0.1) is 23.1 Å². The molecule has 9 nitrogen and oxygen atoms in total. The number of hydrogen-bond donors (Lipinski definition) is 0. The summed E-state index contributed by atoms with van der Waals surface area (Å²) in [4.78, 5) is 37.9. The van der Waals surface area contributed by atoms with Crippen molar-refractivity contribution in [2.75, 3.05) is 74.2 Å². The van der Waals surface area contributed by atoms with E-state index in [4.69, 9.17) is 4.74 Å². The van der Waals surface area contributed by atoms with Gasteiger partial charge < -0.3 is 24.3 Å². The summed E-state index contributed by atoms with van der Waals surface area (Å²) in [5.74, 6) is 2.87. The van der Waals surface area contributed by atoms with Crippen molar-refractivity contribution >= 4 is 44.8 Å². The summed E-state index contributed by atoms with van der Waals surface area (Å²) >= 11 is 1.48. The Morgan fingerprint density at radius 3 is 2.29 bits per heavy atom. The van der Waals surface area contributed by atoms with Crippen LogP contribution in [0.15, 0.2) is 55.0 Å². The standard InChI is InChI=1S/C28H31N7O2S/c1-20-24-26(34-15-13-33(14-16-34)23-9-5-6-10-29-23)30-19-31-27(24)38-25(20)28(36)35-17-11-32(12-18-35)21-7-3-4-8-22(21)37-2/h3-10,19H,11-18H2,1-2H3. The first-order chi connectivity index (χ1) is 18.6. The smallest absolute Gasteiger partial charge is 0.264 e. The van der Waals surface area contributed by atoms with Crippen LogP contribution in [-0.4, -0.2) is 85.2 Å². The Morgan fingerprint density at radius 1 is 0.842 bits per heavy atom. The van der Waals surface area contributed by atoms with Gasteiger partial charge in [-0.1, -0.05) is 18.2 Å². The second kappa shape index (κ2) is 10.4. The number of carbonyl (C=O) groups is 1. The number of amides is 1. The van der Waals surface area contributed by atoms with E-state index in [1.54, 1.807) is 13.4 Å². The highest BCUT2D eigenvalue weighted by Gasteiger charge is 2.29. The highest BCUT2D eigenvalue weighted by atomic mass is 32.1. The number of para-hydroxylation sites is 2. The number of methoxy groups -OCH3 is 1. The molecule has 0 spiro atoms. The zero-order valence-electron chi connectivity index (χ0n) is 21.7. The number of aryl methyl sites for hydroxylation is 1. The Labute approximate surface area is 226 Å². The number of thiophene rings is 1. The fraction of sp³-hybridized carbons (Fsp3) is 0.357. The molecule has 2 aliphatic heterocycles. The van der Waals surface area contributed by atoms with Crippen LogP contribution in [0.3, 0.4) is 0 Å². The molecule has 2 saturated heterocycles. The maximum atomic E-state index is 13.7. The second-order valence-corrected chi connectivity index (χ2v) is 10.5. The van der Waals surface area contributed by atoms with Gasteiger partial charge in [-0.2, -0.15) is 0 Å². The number of pyridine rings is 1. The van der Waals surface area contributed by atoms with Crippen LogP contribution in [-0.2, 0) is 0 Å². The van der Waals surface area contributed by atoms with Crippen LogP contribution in [0.4, 0.5) is 17.3 Å². The Kier molecular flexibility index (Phi) is 6.71. The van der Waals surface area contributed by atoms with Crippen LogP contribution in [0.2, 0.25) is 0 Å². The number of aromatic nitrogens is 3. The van der Waals surface area contributed by atoms with Crippen LogP contribution in [0.1, 0.15) is 15.2 Å². The molecule has 5 heterocycles. The highest BCUT2D eigenvalue weighted by Crippen LogP contribution is 2.36. The molecule has 10 heteroatoms. The molecule has 38 heavy (non-hydrogen) atoms. The summed E-state index contributed by atoms with van der Waals surface area (Å²) in [5.41, 5.74) is 2.05. The van der Waals surface area contributed by atoms with Gasteiger partial charge >= 0.3 is 0 Å². The van der Waals surface area contributed by atoms with Gasteiger partial charge in [0.2, 0.25) is 0 Å². The van der Waals surface area contributed by atoms with Crippen molar-refractivity contribution in [3.8, 4) is 5.75 Å². The molecule has 0 aliphatic carbocycles. The number of benzene rings is 1. The zero-order valence-corrected chi connectivity index (χ0v) is 22.5. The molecule has 196 valence electrons. The lowest BCUT2D eigenvalue weighted by Crippen LogP contribution is -2.48. The highest BCUT2D eigenvalue weighted by molar-refractivity contribution is 7.20. The quantitative estimate of drug-likeness (QED) is 0.388. The molecule has 3 aromatic heterocycles. The van der Waals surface area contributed by atoms with Crippen molar-refractivity contribution in [1.29, 1.82) is 0 Å². The molecule has 0 bridgehead atoms. The second-order valence-electron chi connectivity index (χ2n) is 9.55. The molecule has 4 aromatic rings. The van der Waals surface area contributed by atoms with Crippen LogP contribution < -0.4 is 19.4 Å². The molecular formula is C28H31N7O2S. The monoisotopic (exact) mass is 529 g/mol. The van der Waals surface area contributed by atoms with Crippen molar-refractivity contribution in [2.45, 2.75) is 6.92 Å². The summed E-state index contributed by atoms with van der Waals surface area (Å²) in [5, 5.41) is 1.000. The number of anilines is 3. The molecule has 0 unspecified atom stereocenters. The SMILES string of the molecule is COc1ccccc1N1CCN(C(=O)c2sc3ncnc(N4CCN(c5ccccn5)CC4)c3c2C)CC1. The van der Waals surface area contributed by atoms with Gasteiger partial charge in [-0.05, 0) is 36.8 Å². The van der Waals surface area contributed by atoms with E-state index < -0.39 is 0 Å². The molecule has 6 rings (SSSR count). The Morgan fingerprint density at radius 2 is 1.55 bits per heavy atom. The Balaban J connectivity index is 1.18. The first kappa shape index (κ1) is 24.4. The van der Waals surface area contributed by atoms with E-state index in [0.29, 0.717) is 13.1 Å². The normalized spacial score (nSPS) is 16.3. The van der Waals surface area contributed by atoms with Crippen LogP contribution in [0.25, 0.3) is 10.2 Å². The molecule has 2 aliphatic rings. The first-order valence-electron chi connectivity index (χ1n) is 13.0. The number of carbonyl (C=O) groups excluding carboxylic acids is 1. The lowest BCUT2D eigenvalue weighted by molar-refractivity contribution is 0.0751. The summed E-state index contributed by atoms with van der Waals surface area (Å²) < 4.78 is 5.54. The van der Waals surface area contributed by atoms with Gasteiger partial charge in [-0.15, -0.1) is 11.3 Å². The van der Waals surface area contributed by atoms with Crippen LogP contribution in [0.5, 0.6) is 5.75 Å². The maximum absolute atomic E-state index is 13.7. The van der Waals surface area contributed by atoms with Crippen molar-refractivity contribution < 1.29 is 9.53 Å². The molecule has 0 atom stereocenters. The van der Waals surface area contributed by atoms with Gasteiger partial charge in [-0.3, -0.25) is 4.79 Å². The molecule has 0 N–H and O–H groups in total. The minimum Gasteiger partial charge on any atom is -0.495 e. The number of rotatable bonds is 5. The van der Waals surface area contributed by atoms with E-state index in [9.17, 15) is 4.79 Å². The van der Waals surface area contributed by atoms with Gasteiger partial charge in [0.15, 0.2) is 0 Å². The molecule has 0 radical (unpaired) electrons. The Hall–Kier alpha value is -3.92. The summed E-state index contributed by atoms with van der Waals surface area (Å²) in [6, 6.07) is 14.1. The number of nitrogens with zero attached hydrogens (tertiary/aromatic N) is 7. The van der Waals surface area contributed by atoms with E-state index >= 15 is 0 Å². The van der Waals surface area contributed by atoms with E-state index in [-0.39, 0.29) is 5.91 Å². The summed E-state index contributed by atoms with van der Waals surface area (Å²) in [6.45, 7) is 8.31. The average Bonchev–Trinajstić information content (AvgIpc) is 3.33. The molecule has 1 aromatic carbocycles. The lowest BCUT2D eigenvalue weighted by atomic mass is 10.1. The first-order valence-corrected chi connectivity index (χ1v) is 13.8. The van der Waals surface area contributed by atoms with Crippen molar-refractivity contribution in [3.05, 3.63) is 65.4 Å². The predicted octanol–water partition coefficient (Wildman–Crippen LogP) is 3.69. The van der Waals surface area contributed by atoms with Crippen LogP contribution in [0, 0.1) is 6.92 Å². The fourth-order valence-corrected chi connectivity index (χ4v) is 6.48. The van der Waals surface area contributed by atoms with E-state index in [1.165, 1.54) is 11.3 Å². The third-order valence-corrected chi connectivity index (χ3v) is 8.63.